The van der Waals surface area contributed by atoms with Crippen molar-refractivity contribution in [3.63, 3.8) is 0 Å². The average Bonchev–Trinajstić information content (AvgIpc) is 3.06. The number of hydrogen-bond donors (Lipinski definition) is 3. The number of benzene rings is 2. The molecule has 0 saturated heterocycles. The number of imidazole rings is 1. The predicted octanol–water partition coefficient (Wildman–Crippen LogP) is 4.29. The van der Waals surface area contributed by atoms with Crippen LogP contribution in [0.4, 0.5) is 5.69 Å². The summed E-state index contributed by atoms with van der Waals surface area (Å²) in [7, 11) is 0. The second kappa shape index (κ2) is 8.21. The number of ether oxygens (including phenoxy) is 1. The van der Waals surface area contributed by atoms with Gasteiger partial charge in [-0.25, -0.2) is 4.98 Å². The van der Waals surface area contributed by atoms with Crippen LogP contribution in [0.5, 0.6) is 5.75 Å². The molecule has 1 aliphatic heterocycles. The highest BCUT2D eigenvalue weighted by Crippen LogP contribution is 2.29. The summed E-state index contributed by atoms with van der Waals surface area (Å²) in [6.45, 7) is 0.163. The summed E-state index contributed by atoms with van der Waals surface area (Å²) in [5.41, 5.74) is 3.39. The van der Waals surface area contributed by atoms with Crippen molar-refractivity contribution in [3.05, 3.63) is 45.9 Å². The number of nitrogens with zero attached hydrogens (tertiary/aromatic N) is 1. The molecule has 0 spiro atoms. The van der Waals surface area contributed by atoms with Crippen LogP contribution in [0.25, 0.3) is 11.0 Å². The van der Waals surface area contributed by atoms with Gasteiger partial charge in [-0.05, 0) is 42.3 Å². The van der Waals surface area contributed by atoms with E-state index in [1.54, 1.807) is 18.2 Å². The highest BCUT2D eigenvalue weighted by atomic mass is 35.5. The van der Waals surface area contributed by atoms with Crippen LogP contribution in [-0.4, -0.2) is 39.4 Å². The van der Waals surface area contributed by atoms with E-state index in [2.05, 4.69) is 15.3 Å². The maximum atomic E-state index is 11.4. The van der Waals surface area contributed by atoms with Crippen molar-refractivity contribution in [1.29, 1.82) is 0 Å². The van der Waals surface area contributed by atoms with Crippen molar-refractivity contribution in [1.82, 2.24) is 9.97 Å². The van der Waals surface area contributed by atoms with E-state index in [4.69, 9.17) is 27.9 Å². The Morgan fingerprint density at radius 3 is 2.89 bits per heavy atom. The Labute approximate surface area is 175 Å². The number of aryl methyl sites for hydroxylation is 1. The summed E-state index contributed by atoms with van der Waals surface area (Å²) in [5, 5.41) is 14.7. The molecule has 4 rings (SSSR count). The molecule has 9 heteroatoms. The number of anilines is 1. The van der Waals surface area contributed by atoms with Gasteiger partial charge in [0.25, 0.3) is 0 Å². The van der Waals surface area contributed by atoms with E-state index in [0.717, 1.165) is 22.3 Å². The largest absolute Gasteiger partial charge is 0.491 e. The van der Waals surface area contributed by atoms with Gasteiger partial charge in [-0.1, -0.05) is 35.0 Å². The van der Waals surface area contributed by atoms with Crippen molar-refractivity contribution in [2.75, 3.05) is 17.7 Å². The van der Waals surface area contributed by atoms with E-state index in [-0.39, 0.29) is 12.5 Å². The molecule has 1 amide bonds. The molecule has 6 nitrogen and oxygen atoms in total. The molecule has 1 aromatic heterocycles. The first kappa shape index (κ1) is 19.4. The minimum absolute atomic E-state index is 0.0312. The zero-order valence-corrected chi connectivity index (χ0v) is 17.0. The Morgan fingerprint density at radius 1 is 1.21 bits per heavy atom. The van der Waals surface area contributed by atoms with Crippen molar-refractivity contribution < 1.29 is 14.6 Å². The van der Waals surface area contributed by atoms with E-state index in [0.29, 0.717) is 39.5 Å². The average molecular weight is 438 g/mol. The van der Waals surface area contributed by atoms with E-state index >= 15 is 0 Å². The molecule has 0 radical (unpaired) electrons. The summed E-state index contributed by atoms with van der Waals surface area (Å²) >= 11 is 13.4. The van der Waals surface area contributed by atoms with E-state index in [1.807, 2.05) is 12.1 Å². The Morgan fingerprint density at radius 2 is 2.04 bits per heavy atom. The maximum absolute atomic E-state index is 11.4. The number of hydrogen-bond acceptors (Lipinski definition) is 5. The number of nitrogens with one attached hydrogen (secondary N) is 2. The van der Waals surface area contributed by atoms with Gasteiger partial charge in [0.1, 0.15) is 12.4 Å². The molecule has 3 N–H and O–H groups in total. The number of aromatic nitrogens is 2. The molecule has 28 heavy (non-hydrogen) atoms. The third kappa shape index (κ3) is 4.38. The highest BCUT2D eigenvalue weighted by Gasteiger charge is 2.16. The molecule has 1 unspecified atom stereocenters. The summed E-state index contributed by atoms with van der Waals surface area (Å²) < 4.78 is 5.70. The summed E-state index contributed by atoms with van der Waals surface area (Å²) in [4.78, 5) is 19.0. The monoisotopic (exact) mass is 437 g/mol. The first-order valence-corrected chi connectivity index (χ1v) is 10.4. The lowest BCUT2D eigenvalue weighted by molar-refractivity contribution is -0.116. The van der Waals surface area contributed by atoms with Gasteiger partial charge < -0.3 is 20.1 Å². The number of thioether (sulfide) groups is 1. The van der Waals surface area contributed by atoms with Gasteiger partial charge in [0.2, 0.25) is 5.91 Å². The first-order chi connectivity index (χ1) is 13.5. The Balaban J connectivity index is 1.31. The van der Waals surface area contributed by atoms with Crippen molar-refractivity contribution in [3.8, 4) is 5.75 Å². The van der Waals surface area contributed by atoms with Gasteiger partial charge in [0.05, 0.1) is 27.2 Å². The van der Waals surface area contributed by atoms with Crippen LogP contribution in [0.3, 0.4) is 0 Å². The molecule has 0 fully saturated rings. The maximum Gasteiger partial charge on any atom is 0.224 e. The number of fused-ring (bicyclic) bond motifs is 2. The minimum atomic E-state index is -0.666. The second-order valence-electron chi connectivity index (χ2n) is 6.47. The van der Waals surface area contributed by atoms with Crippen LogP contribution >= 0.6 is 35.0 Å². The standard InChI is InChI=1S/C19H17Cl2N3O3S/c20-13-6-16-17(7-14(13)21)24-19(23-16)28-9-11(25)8-27-12-2-3-15-10(5-12)1-4-18(26)22-15/h2-3,5-7,11,25H,1,4,8-9H2,(H,22,26)(H,23,24). The molecule has 0 saturated carbocycles. The molecule has 1 atom stereocenters. The highest BCUT2D eigenvalue weighted by molar-refractivity contribution is 7.99. The number of carbonyl (C=O) groups excluding carboxylic acids is 1. The number of rotatable bonds is 6. The second-order valence-corrected chi connectivity index (χ2v) is 8.29. The zero-order valence-electron chi connectivity index (χ0n) is 14.7. The fraction of sp³-hybridized carbons (Fsp3) is 0.263. The first-order valence-electron chi connectivity index (χ1n) is 8.69. The number of H-pyrrole nitrogens is 1. The van der Waals surface area contributed by atoms with Crippen molar-refractivity contribution in [2.24, 2.45) is 0 Å². The number of amides is 1. The van der Waals surface area contributed by atoms with Gasteiger partial charge in [-0.15, -0.1) is 0 Å². The van der Waals surface area contributed by atoms with E-state index in [1.165, 1.54) is 11.8 Å². The number of carbonyl (C=O) groups is 1. The van der Waals surface area contributed by atoms with Gasteiger partial charge in [0, 0.05) is 17.9 Å². The van der Waals surface area contributed by atoms with Crippen LogP contribution in [0.2, 0.25) is 10.0 Å². The molecule has 146 valence electrons. The molecular formula is C19H17Cl2N3O3S. The smallest absolute Gasteiger partial charge is 0.224 e. The zero-order chi connectivity index (χ0) is 19.7. The van der Waals surface area contributed by atoms with Crippen LogP contribution in [0, 0.1) is 0 Å². The third-order valence-electron chi connectivity index (χ3n) is 4.33. The van der Waals surface area contributed by atoms with Crippen LogP contribution < -0.4 is 10.1 Å². The number of halogens is 2. The van der Waals surface area contributed by atoms with Gasteiger partial charge >= 0.3 is 0 Å². The van der Waals surface area contributed by atoms with Crippen LogP contribution in [-0.2, 0) is 11.2 Å². The van der Waals surface area contributed by atoms with Crippen molar-refractivity contribution in [2.45, 2.75) is 24.1 Å². The molecular weight excluding hydrogens is 421 g/mol. The number of aliphatic hydroxyl groups is 1. The van der Waals surface area contributed by atoms with Gasteiger partial charge in [-0.2, -0.15) is 0 Å². The Hall–Kier alpha value is -1.93. The Kier molecular flexibility index (Phi) is 5.68. The van der Waals surface area contributed by atoms with E-state index < -0.39 is 6.10 Å². The summed E-state index contributed by atoms with van der Waals surface area (Å²) in [5.74, 6) is 1.12. The van der Waals surface area contributed by atoms with Crippen molar-refractivity contribution >= 4 is 57.6 Å². The quantitative estimate of drug-likeness (QED) is 0.500. The topological polar surface area (TPSA) is 87.2 Å². The molecule has 2 aromatic carbocycles. The fourth-order valence-electron chi connectivity index (χ4n) is 2.92. The lowest BCUT2D eigenvalue weighted by Crippen LogP contribution is -2.21. The number of aromatic amines is 1. The summed E-state index contributed by atoms with van der Waals surface area (Å²) in [6, 6.07) is 8.96. The third-order valence-corrected chi connectivity index (χ3v) is 6.07. The minimum Gasteiger partial charge on any atom is -0.491 e. The van der Waals surface area contributed by atoms with Gasteiger partial charge in [-0.3, -0.25) is 4.79 Å². The van der Waals surface area contributed by atoms with E-state index in [9.17, 15) is 9.90 Å². The molecule has 0 aliphatic carbocycles. The fourth-order valence-corrected chi connectivity index (χ4v) is 4.03. The lowest BCUT2D eigenvalue weighted by Gasteiger charge is -2.18. The molecule has 3 aromatic rings. The lowest BCUT2D eigenvalue weighted by atomic mass is 10.0. The summed E-state index contributed by atoms with van der Waals surface area (Å²) in [6.07, 6.45) is 0.502. The number of aliphatic hydroxyl groups excluding tert-OH is 1. The SMILES string of the molecule is O=C1CCc2cc(OCC(O)CSc3nc4cc(Cl)c(Cl)cc4[nH]3)ccc2N1. The molecule has 0 bridgehead atoms. The van der Waals surface area contributed by atoms with Crippen LogP contribution in [0.15, 0.2) is 35.5 Å². The predicted molar refractivity (Wildman–Crippen MR) is 112 cm³/mol. The van der Waals surface area contributed by atoms with Gasteiger partial charge in [0.15, 0.2) is 5.16 Å². The Bertz CT molecular complexity index is 1000. The van der Waals surface area contributed by atoms with Crippen LogP contribution in [0.1, 0.15) is 12.0 Å². The molecule has 1 aliphatic rings. The molecule has 2 heterocycles. The normalized spacial score (nSPS) is 14.6.